The van der Waals surface area contributed by atoms with Gasteiger partial charge < -0.3 is 14.4 Å². The first-order valence-corrected chi connectivity index (χ1v) is 17.7. The topological polar surface area (TPSA) is 57.6 Å². The van der Waals surface area contributed by atoms with Crippen LogP contribution in [0.5, 0.6) is 5.75 Å². The number of hydrogen-bond donors (Lipinski definition) is 0. The second-order valence-electron chi connectivity index (χ2n) is 14.5. The van der Waals surface area contributed by atoms with Crippen LogP contribution in [0, 0.1) is 0 Å². The fourth-order valence-electron chi connectivity index (χ4n) is 6.83. The van der Waals surface area contributed by atoms with Gasteiger partial charge in [-0.15, -0.1) is 0 Å². The summed E-state index contributed by atoms with van der Waals surface area (Å²) in [7, 11) is 1.73. The van der Waals surface area contributed by atoms with Crippen molar-refractivity contribution in [2.75, 3.05) is 46.4 Å². The van der Waals surface area contributed by atoms with Gasteiger partial charge in [0, 0.05) is 56.5 Å². The molecule has 5 rings (SSSR count). The van der Waals surface area contributed by atoms with Gasteiger partial charge in [0.1, 0.15) is 22.7 Å². The van der Waals surface area contributed by atoms with Crippen LogP contribution in [-0.2, 0) is 21.2 Å². The van der Waals surface area contributed by atoms with Crippen LogP contribution in [0.3, 0.4) is 0 Å². The van der Waals surface area contributed by atoms with Crippen molar-refractivity contribution in [2.45, 2.75) is 77.5 Å². The number of halogens is 2. The van der Waals surface area contributed by atoms with Crippen LogP contribution in [0.25, 0.3) is 0 Å². The fourth-order valence-corrected chi connectivity index (χ4v) is 7.08. The minimum Gasteiger partial charge on any atom is -0.490 e. The number of carbonyl (C=O) groups is 1. The lowest BCUT2D eigenvalue weighted by Gasteiger charge is -2.47. The van der Waals surface area contributed by atoms with Crippen LogP contribution in [0.4, 0.5) is 4.79 Å². The molecule has 3 aromatic rings. The van der Waals surface area contributed by atoms with Gasteiger partial charge in [0.2, 0.25) is 0 Å². The van der Waals surface area contributed by atoms with Crippen molar-refractivity contribution in [3.05, 3.63) is 99.0 Å². The lowest BCUT2D eigenvalue weighted by Crippen LogP contribution is -2.60. The Labute approximate surface area is 296 Å². The smallest absolute Gasteiger partial charge is 0.326 e. The molecule has 0 aromatic heterocycles. The van der Waals surface area contributed by atoms with Crippen molar-refractivity contribution in [3.63, 3.8) is 0 Å². The van der Waals surface area contributed by atoms with Crippen molar-refractivity contribution < 1.29 is 14.3 Å². The third-order valence-corrected chi connectivity index (χ3v) is 10.4. The van der Waals surface area contributed by atoms with E-state index in [1.165, 1.54) is 0 Å². The Kier molecular flexibility index (Phi) is 10.9. The fraction of sp³-hybridized carbons (Fsp3) is 0.487. The summed E-state index contributed by atoms with van der Waals surface area (Å²) in [5.74, 6) is 1.28. The van der Waals surface area contributed by atoms with E-state index in [-0.39, 0.29) is 17.6 Å². The summed E-state index contributed by atoms with van der Waals surface area (Å²) in [4.78, 5) is 27.1. The second-order valence-corrected chi connectivity index (χ2v) is 15.4. The number of amides is 2. The van der Waals surface area contributed by atoms with Gasteiger partial charge in [-0.05, 0) is 92.6 Å². The van der Waals surface area contributed by atoms with Crippen molar-refractivity contribution >= 4 is 35.1 Å². The molecule has 0 aliphatic carbocycles. The van der Waals surface area contributed by atoms with Gasteiger partial charge in [-0.3, -0.25) is 14.8 Å². The number of carbonyl (C=O) groups excluding carboxylic acids is 1. The van der Waals surface area contributed by atoms with Gasteiger partial charge in [-0.25, -0.2) is 4.79 Å². The Morgan fingerprint density at radius 3 is 2.02 bits per heavy atom. The van der Waals surface area contributed by atoms with Gasteiger partial charge in [0.25, 0.3) is 0 Å². The Morgan fingerprint density at radius 2 is 1.48 bits per heavy atom. The summed E-state index contributed by atoms with van der Waals surface area (Å²) in [6, 6.07) is 21.8. The minimum atomic E-state index is -0.953. The molecule has 7 nitrogen and oxygen atoms in total. The van der Waals surface area contributed by atoms with Crippen LogP contribution in [-0.4, -0.2) is 79.1 Å². The number of ether oxygens (including phenoxy) is 2. The molecule has 0 saturated carbocycles. The predicted molar refractivity (Wildman–Crippen MR) is 197 cm³/mol. The SMILES string of the molecule is COCCCN1CCN(C(=O)N2C(c3ccc(C(C)(C)C)cc3OC(C)C)=N[C@@](C)(c3ccc(Cl)cc3)[C@]2(C)c2ccc(Cl)cc2)CC1. The molecule has 2 aliphatic rings. The van der Waals surface area contributed by atoms with E-state index in [4.69, 9.17) is 37.7 Å². The quantitative estimate of drug-likeness (QED) is 0.211. The molecule has 0 spiro atoms. The number of hydrogen-bond acceptors (Lipinski definition) is 5. The van der Waals surface area contributed by atoms with Gasteiger partial charge in [0.05, 0.1) is 11.7 Å². The van der Waals surface area contributed by atoms with Crippen molar-refractivity contribution in [3.8, 4) is 5.75 Å². The van der Waals surface area contributed by atoms with Crippen molar-refractivity contribution in [2.24, 2.45) is 4.99 Å². The maximum Gasteiger partial charge on any atom is 0.326 e. The van der Waals surface area contributed by atoms with Gasteiger partial charge in [-0.1, -0.05) is 74.3 Å². The van der Waals surface area contributed by atoms with E-state index >= 15 is 4.79 Å². The molecule has 0 unspecified atom stereocenters. The summed E-state index contributed by atoms with van der Waals surface area (Å²) in [5.41, 5.74) is 1.83. The standard InChI is InChI=1S/C39H50Cl2N4O3/c1-27(2)48-34-26-30(37(3,4)5)14-19-33(34)35-42-38(6,28-10-15-31(40)16-11-28)39(7,29-12-17-32(41)18-13-29)45(35)36(46)44-23-21-43(22-24-44)20-9-25-47-8/h10-19,26-27H,9,20-25H2,1-8H3/t38-,39-/m0/s1. The molecular weight excluding hydrogens is 643 g/mol. The number of methoxy groups -OCH3 is 1. The average Bonchev–Trinajstić information content (AvgIpc) is 3.29. The van der Waals surface area contributed by atoms with Gasteiger partial charge in [-0.2, -0.15) is 0 Å². The number of benzene rings is 3. The molecule has 2 aliphatic heterocycles. The molecule has 0 bridgehead atoms. The Bertz CT molecular complexity index is 1610. The summed E-state index contributed by atoms with van der Waals surface area (Å²) >= 11 is 12.8. The summed E-state index contributed by atoms with van der Waals surface area (Å²) < 4.78 is 11.8. The second kappa shape index (κ2) is 14.4. The monoisotopic (exact) mass is 692 g/mol. The molecular formula is C39H50Cl2N4O3. The normalized spacial score (nSPS) is 21.9. The number of nitrogens with zero attached hydrogens (tertiary/aromatic N) is 4. The molecule has 2 atom stereocenters. The van der Waals surface area contributed by atoms with Crippen LogP contribution in [0.15, 0.2) is 71.7 Å². The molecule has 9 heteroatoms. The molecule has 0 N–H and O–H groups in total. The highest BCUT2D eigenvalue weighted by Crippen LogP contribution is 2.54. The summed E-state index contributed by atoms with van der Waals surface area (Å²) in [6.45, 7) is 19.3. The summed E-state index contributed by atoms with van der Waals surface area (Å²) in [5, 5.41) is 1.27. The first-order valence-electron chi connectivity index (χ1n) is 16.9. The Balaban J connectivity index is 1.70. The van der Waals surface area contributed by atoms with Gasteiger partial charge >= 0.3 is 6.03 Å². The third kappa shape index (κ3) is 7.11. The van der Waals surface area contributed by atoms with Crippen molar-refractivity contribution in [1.29, 1.82) is 0 Å². The number of amidine groups is 1. The van der Waals surface area contributed by atoms with Crippen molar-refractivity contribution in [1.82, 2.24) is 14.7 Å². The molecule has 3 aromatic carbocycles. The zero-order valence-corrected chi connectivity index (χ0v) is 31.2. The number of rotatable bonds is 9. The maximum atomic E-state index is 15.2. The molecule has 2 heterocycles. The Morgan fingerprint density at radius 1 is 0.896 bits per heavy atom. The number of urea groups is 1. The van der Waals surface area contributed by atoms with E-state index < -0.39 is 11.1 Å². The lowest BCUT2D eigenvalue weighted by molar-refractivity contribution is 0.0837. The number of piperazine rings is 1. The number of aliphatic imine (C=N–C) groups is 1. The highest BCUT2D eigenvalue weighted by Gasteiger charge is 2.60. The molecule has 2 amide bonds. The summed E-state index contributed by atoms with van der Waals surface area (Å²) in [6.07, 6.45) is 0.881. The van der Waals surface area contributed by atoms with E-state index in [0.29, 0.717) is 34.7 Å². The molecule has 0 radical (unpaired) electrons. The van der Waals surface area contributed by atoms with E-state index in [9.17, 15) is 0 Å². The lowest BCUT2D eigenvalue weighted by atomic mass is 9.71. The highest BCUT2D eigenvalue weighted by molar-refractivity contribution is 6.30. The Hall–Kier alpha value is -3.10. The largest absolute Gasteiger partial charge is 0.490 e. The zero-order valence-electron chi connectivity index (χ0n) is 29.6. The third-order valence-electron chi connectivity index (χ3n) is 9.86. The first kappa shape index (κ1) is 36.2. The van der Waals surface area contributed by atoms with Crippen LogP contribution in [0.1, 0.15) is 77.1 Å². The van der Waals surface area contributed by atoms with E-state index in [1.807, 2.05) is 72.2 Å². The molecule has 48 heavy (non-hydrogen) atoms. The first-order chi connectivity index (χ1) is 22.7. The van der Waals surface area contributed by atoms with E-state index in [1.54, 1.807) is 7.11 Å². The predicted octanol–water partition coefficient (Wildman–Crippen LogP) is 8.75. The van der Waals surface area contributed by atoms with Crippen LogP contribution < -0.4 is 4.74 Å². The van der Waals surface area contributed by atoms with E-state index in [0.717, 1.165) is 54.9 Å². The molecule has 1 saturated heterocycles. The van der Waals surface area contributed by atoms with Crippen LogP contribution in [0.2, 0.25) is 10.0 Å². The molecule has 1 fully saturated rings. The molecule has 258 valence electrons. The average molecular weight is 694 g/mol. The highest BCUT2D eigenvalue weighted by atomic mass is 35.5. The van der Waals surface area contributed by atoms with Crippen LogP contribution >= 0.6 is 23.2 Å². The maximum absolute atomic E-state index is 15.2. The van der Waals surface area contributed by atoms with E-state index in [2.05, 4.69) is 57.7 Å². The van der Waals surface area contributed by atoms with Gasteiger partial charge in [0.15, 0.2) is 0 Å². The minimum absolute atomic E-state index is 0.0818. The zero-order chi connectivity index (χ0) is 34.9.